The quantitative estimate of drug-likeness (QED) is 0.510. The Hall–Kier alpha value is -2.15. The fourth-order valence-electron chi connectivity index (χ4n) is 3.36. The van der Waals surface area contributed by atoms with Crippen LogP contribution in [-0.2, 0) is 11.2 Å². The number of hydrogen-bond acceptors (Lipinski definition) is 3. The summed E-state index contributed by atoms with van der Waals surface area (Å²) in [6.07, 6.45) is 0.413. The number of fused-ring (bicyclic) bond motifs is 1. The Morgan fingerprint density at radius 1 is 1.25 bits per heavy atom. The highest BCUT2D eigenvalue weighted by Crippen LogP contribution is 2.45. The molecule has 1 atom stereocenters. The molecule has 1 aliphatic heterocycles. The van der Waals surface area contributed by atoms with Gasteiger partial charge in [-0.3, -0.25) is 4.90 Å². The van der Waals surface area contributed by atoms with Crippen molar-refractivity contribution in [3.8, 4) is 5.75 Å². The highest BCUT2D eigenvalue weighted by atomic mass is 79.9. The van der Waals surface area contributed by atoms with E-state index < -0.39 is 29.4 Å². The summed E-state index contributed by atoms with van der Waals surface area (Å²) in [5.41, 5.74) is 0.939. The number of carbonyl (C=O) groups is 1. The van der Waals surface area contributed by atoms with Crippen LogP contribution in [0.4, 0.5) is 19.3 Å². The Kier molecular flexibility index (Phi) is 5.66. The fourth-order valence-corrected chi connectivity index (χ4v) is 3.99. The van der Waals surface area contributed by atoms with Gasteiger partial charge in [-0.25, -0.2) is 13.6 Å². The zero-order valence-electron chi connectivity index (χ0n) is 16.2. The second kappa shape index (κ2) is 7.70. The number of carbonyl (C=O) groups excluding carboxylic acids is 1. The van der Waals surface area contributed by atoms with Crippen LogP contribution in [0.15, 0.2) is 34.8 Å². The fraction of sp³-hybridized carbons (Fsp3) is 0.381. The highest BCUT2D eigenvalue weighted by Gasteiger charge is 2.38. The smallest absolute Gasteiger partial charge is 0.415 e. The van der Waals surface area contributed by atoms with E-state index in [0.717, 1.165) is 11.6 Å². The Morgan fingerprint density at radius 3 is 2.61 bits per heavy atom. The van der Waals surface area contributed by atoms with Crippen LogP contribution in [0.3, 0.4) is 0 Å². The number of anilines is 1. The van der Waals surface area contributed by atoms with E-state index in [4.69, 9.17) is 9.47 Å². The van der Waals surface area contributed by atoms with E-state index in [1.165, 1.54) is 4.90 Å². The summed E-state index contributed by atoms with van der Waals surface area (Å²) in [6, 6.07) is 8.09. The topological polar surface area (TPSA) is 38.8 Å². The number of amides is 1. The van der Waals surface area contributed by atoms with Crippen LogP contribution in [0.1, 0.15) is 44.4 Å². The molecular formula is C21H22BrF2NO3. The van der Waals surface area contributed by atoms with E-state index in [1.807, 2.05) is 24.3 Å². The average Bonchev–Trinajstić information content (AvgIpc) is 2.64. The molecule has 0 radical (unpaired) electrons. The lowest BCUT2D eigenvalue weighted by molar-refractivity contribution is 0.0559. The molecule has 0 saturated carbocycles. The summed E-state index contributed by atoms with van der Waals surface area (Å²) in [5, 5.41) is 0. The number of halogens is 3. The third-order valence-corrected chi connectivity index (χ3v) is 5.25. The van der Waals surface area contributed by atoms with Crippen LogP contribution >= 0.6 is 15.9 Å². The van der Waals surface area contributed by atoms with Crippen molar-refractivity contribution in [1.29, 1.82) is 0 Å². The maximum absolute atomic E-state index is 14.3. The molecule has 2 aromatic carbocycles. The van der Waals surface area contributed by atoms with E-state index in [1.54, 1.807) is 27.9 Å². The summed E-state index contributed by atoms with van der Waals surface area (Å²) < 4.78 is 39.1. The largest absolute Gasteiger partial charge is 0.497 e. The van der Waals surface area contributed by atoms with Gasteiger partial charge in [-0.05, 0) is 78.9 Å². The monoisotopic (exact) mass is 453 g/mol. The van der Waals surface area contributed by atoms with Crippen LogP contribution in [0, 0.1) is 11.6 Å². The number of ether oxygens (including phenoxy) is 2. The molecule has 1 aliphatic rings. The Bertz CT molecular complexity index is 911. The lowest BCUT2D eigenvalue weighted by Crippen LogP contribution is -2.42. The predicted octanol–water partition coefficient (Wildman–Crippen LogP) is 6.16. The first-order chi connectivity index (χ1) is 13.1. The molecule has 7 heteroatoms. The van der Waals surface area contributed by atoms with Crippen molar-refractivity contribution in [2.75, 3.05) is 12.0 Å². The van der Waals surface area contributed by atoms with Crippen molar-refractivity contribution in [3.63, 3.8) is 0 Å². The van der Waals surface area contributed by atoms with E-state index in [-0.39, 0.29) is 4.47 Å². The molecule has 1 heterocycles. The minimum absolute atomic E-state index is 0.0824. The highest BCUT2D eigenvalue weighted by molar-refractivity contribution is 9.10. The first-order valence-corrected chi connectivity index (χ1v) is 9.74. The zero-order chi connectivity index (χ0) is 20.6. The number of rotatable bonds is 2. The minimum atomic E-state index is -1.03. The molecule has 4 nitrogen and oxygen atoms in total. The summed E-state index contributed by atoms with van der Waals surface area (Å²) >= 11 is 3.14. The Balaban J connectivity index is 2.15. The maximum Gasteiger partial charge on any atom is 0.415 e. The number of benzene rings is 2. The lowest BCUT2D eigenvalue weighted by Gasteiger charge is -2.39. The molecular weight excluding hydrogens is 432 g/mol. The Labute approximate surface area is 171 Å². The first-order valence-electron chi connectivity index (χ1n) is 8.95. The molecule has 0 aromatic heterocycles. The SMILES string of the molecule is COc1cccc(C2CCc3cc(F)c(F)c(Br)c3N2C(=O)OC(C)(C)C)c1. The van der Waals surface area contributed by atoms with Crippen LogP contribution in [0.25, 0.3) is 0 Å². The third-order valence-electron chi connectivity index (χ3n) is 4.52. The molecule has 0 fully saturated rings. The van der Waals surface area contributed by atoms with E-state index >= 15 is 0 Å². The second-order valence-electron chi connectivity index (χ2n) is 7.68. The van der Waals surface area contributed by atoms with Gasteiger partial charge in [0.1, 0.15) is 11.4 Å². The molecule has 3 rings (SSSR count). The van der Waals surface area contributed by atoms with E-state index in [2.05, 4.69) is 15.9 Å². The van der Waals surface area contributed by atoms with Crippen LogP contribution in [0.5, 0.6) is 5.75 Å². The van der Waals surface area contributed by atoms with Gasteiger partial charge >= 0.3 is 6.09 Å². The first kappa shape index (κ1) is 20.6. The lowest BCUT2D eigenvalue weighted by atomic mass is 9.91. The van der Waals surface area contributed by atoms with Gasteiger partial charge in [0.05, 0.1) is 23.3 Å². The number of hydrogen-bond donors (Lipinski definition) is 0. The molecule has 28 heavy (non-hydrogen) atoms. The second-order valence-corrected chi connectivity index (χ2v) is 8.47. The normalized spacial score (nSPS) is 16.5. The zero-order valence-corrected chi connectivity index (χ0v) is 17.8. The standard InChI is InChI=1S/C21H22BrF2NO3/c1-21(2,3)28-20(26)25-16(12-6-5-7-14(10-12)27-4)9-8-13-11-15(23)18(24)17(22)19(13)25/h5-7,10-11,16H,8-9H2,1-4H3. The van der Waals surface area contributed by atoms with Gasteiger partial charge in [-0.15, -0.1) is 0 Å². The van der Waals surface area contributed by atoms with Gasteiger partial charge in [0.15, 0.2) is 11.6 Å². The van der Waals surface area contributed by atoms with Gasteiger partial charge in [0, 0.05) is 0 Å². The molecule has 0 saturated heterocycles. The van der Waals surface area contributed by atoms with Gasteiger partial charge in [0.25, 0.3) is 0 Å². The van der Waals surface area contributed by atoms with Crippen molar-refractivity contribution >= 4 is 27.7 Å². The predicted molar refractivity (Wildman–Crippen MR) is 107 cm³/mol. The van der Waals surface area contributed by atoms with Gasteiger partial charge in [-0.2, -0.15) is 0 Å². The maximum atomic E-state index is 14.3. The van der Waals surface area contributed by atoms with Crippen LogP contribution < -0.4 is 9.64 Å². The minimum Gasteiger partial charge on any atom is -0.497 e. The third kappa shape index (κ3) is 3.99. The van der Waals surface area contributed by atoms with Gasteiger partial charge < -0.3 is 9.47 Å². The molecule has 0 aliphatic carbocycles. The van der Waals surface area contributed by atoms with Gasteiger partial charge in [-0.1, -0.05) is 12.1 Å². The summed E-state index contributed by atoms with van der Waals surface area (Å²) in [6.45, 7) is 5.28. The molecule has 0 bridgehead atoms. The molecule has 2 aromatic rings. The van der Waals surface area contributed by atoms with Crippen molar-refractivity contribution in [2.45, 2.75) is 45.3 Å². The van der Waals surface area contributed by atoms with Crippen molar-refractivity contribution in [1.82, 2.24) is 0 Å². The number of methoxy groups -OCH3 is 1. The summed E-state index contributed by atoms with van der Waals surface area (Å²) in [5.74, 6) is -1.33. The molecule has 0 N–H and O–H groups in total. The van der Waals surface area contributed by atoms with Crippen molar-refractivity contribution < 1.29 is 23.0 Å². The van der Waals surface area contributed by atoms with Crippen molar-refractivity contribution in [2.24, 2.45) is 0 Å². The molecule has 1 amide bonds. The summed E-state index contributed by atoms with van der Waals surface area (Å²) in [7, 11) is 1.57. The molecule has 0 spiro atoms. The summed E-state index contributed by atoms with van der Waals surface area (Å²) in [4.78, 5) is 14.5. The van der Waals surface area contributed by atoms with Gasteiger partial charge in [0.2, 0.25) is 0 Å². The number of aryl methyl sites for hydroxylation is 1. The average molecular weight is 454 g/mol. The van der Waals surface area contributed by atoms with Crippen LogP contribution in [-0.4, -0.2) is 18.8 Å². The van der Waals surface area contributed by atoms with Crippen molar-refractivity contribution in [3.05, 3.63) is 57.6 Å². The van der Waals surface area contributed by atoms with Crippen LogP contribution in [0.2, 0.25) is 0 Å². The molecule has 1 unspecified atom stereocenters. The number of nitrogens with zero attached hydrogens (tertiary/aromatic N) is 1. The van der Waals surface area contributed by atoms with E-state index in [0.29, 0.717) is 29.8 Å². The molecule has 150 valence electrons. The Morgan fingerprint density at radius 2 is 1.96 bits per heavy atom. The van der Waals surface area contributed by atoms with E-state index in [9.17, 15) is 13.6 Å².